The minimum Gasteiger partial charge on any atom is -0.382 e. The summed E-state index contributed by atoms with van der Waals surface area (Å²) in [5.41, 5.74) is 9.34. The first kappa shape index (κ1) is 13.6. The van der Waals surface area contributed by atoms with Gasteiger partial charge in [-0.25, -0.2) is 0 Å². The van der Waals surface area contributed by atoms with Crippen molar-refractivity contribution in [2.75, 3.05) is 5.73 Å². The maximum Gasteiger partial charge on any atom is 0.153 e. The third kappa shape index (κ3) is 2.95. The molecule has 2 heterocycles. The highest BCUT2D eigenvalue weighted by Gasteiger charge is 2.23. The molecule has 0 radical (unpaired) electrons. The van der Waals surface area contributed by atoms with Crippen molar-refractivity contribution in [2.24, 2.45) is 11.3 Å². The summed E-state index contributed by atoms with van der Waals surface area (Å²) in [4.78, 5) is 4.15. The molecule has 2 aromatic rings. The highest BCUT2D eigenvalue weighted by molar-refractivity contribution is 5.75. The maximum absolute atomic E-state index is 5.99. The fraction of sp³-hybridized carbons (Fsp3) is 0.467. The van der Waals surface area contributed by atoms with Crippen molar-refractivity contribution in [2.45, 2.75) is 34.1 Å². The van der Waals surface area contributed by atoms with Gasteiger partial charge in [0, 0.05) is 29.2 Å². The minimum atomic E-state index is 0.256. The SMILES string of the molecule is CC(Cc1[nH]nc(N)c1-c1cccnc1)C(C)(C)C. The van der Waals surface area contributed by atoms with Gasteiger partial charge in [0.2, 0.25) is 0 Å². The van der Waals surface area contributed by atoms with Crippen LogP contribution in [0.25, 0.3) is 11.1 Å². The lowest BCUT2D eigenvalue weighted by Crippen LogP contribution is -2.19. The number of aromatic nitrogens is 3. The van der Waals surface area contributed by atoms with Crippen LogP contribution in [0.15, 0.2) is 24.5 Å². The summed E-state index contributed by atoms with van der Waals surface area (Å²) in [7, 11) is 0. The van der Waals surface area contributed by atoms with Crippen molar-refractivity contribution in [1.29, 1.82) is 0 Å². The van der Waals surface area contributed by atoms with E-state index in [1.165, 1.54) is 0 Å². The largest absolute Gasteiger partial charge is 0.382 e. The fourth-order valence-corrected chi connectivity index (χ4v) is 1.99. The normalized spacial score (nSPS) is 13.5. The third-order valence-electron chi connectivity index (χ3n) is 3.81. The molecule has 0 bridgehead atoms. The molecule has 0 saturated heterocycles. The van der Waals surface area contributed by atoms with Gasteiger partial charge < -0.3 is 5.73 Å². The molecule has 4 heteroatoms. The molecule has 2 aromatic heterocycles. The van der Waals surface area contributed by atoms with Crippen LogP contribution in [0.3, 0.4) is 0 Å². The van der Waals surface area contributed by atoms with E-state index in [9.17, 15) is 0 Å². The van der Waals surface area contributed by atoms with Gasteiger partial charge in [-0.1, -0.05) is 33.8 Å². The monoisotopic (exact) mass is 258 g/mol. The van der Waals surface area contributed by atoms with Crippen LogP contribution >= 0.6 is 0 Å². The first-order chi connectivity index (χ1) is 8.89. The van der Waals surface area contributed by atoms with Crippen LogP contribution in [0.1, 0.15) is 33.4 Å². The van der Waals surface area contributed by atoms with Gasteiger partial charge in [-0.05, 0) is 23.8 Å². The molecule has 0 saturated carbocycles. The van der Waals surface area contributed by atoms with E-state index >= 15 is 0 Å². The standard InChI is InChI=1S/C15H22N4/c1-10(15(2,3)4)8-12-13(14(16)19-18-12)11-6-5-7-17-9-11/h5-7,9-10H,8H2,1-4H3,(H3,16,18,19). The molecule has 1 unspecified atom stereocenters. The Hall–Kier alpha value is -1.84. The molecular formula is C15H22N4. The smallest absolute Gasteiger partial charge is 0.153 e. The zero-order chi connectivity index (χ0) is 14.0. The number of pyridine rings is 1. The Morgan fingerprint density at radius 2 is 2.11 bits per heavy atom. The van der Waals surface area contributed by atoms with Gasteiger partial charge in [0.1, 0.15) is 0 Å². The number of anilines is 1. The molecule has 1 atom stereocenters. The molecule has 0 aliphatic heterocycles. The van der Waals surface area contributed by atoms with Crippen LogP contribution in [0.2, 0.25) is 0 Å². The summed E-state index contributed by atoms with van der Waals surface area (Å²) in [6.45, 7) is 9.01. The molecule has 0 fully saturated rings. The second-order valence-corrected chi connectivity index (χ2v) is 6.18. The minimum absolute atomic E-state index is 0.256. The van der Waals surface area contributed by atoms with Crippen LogP contribution in [0.4, 0.5) is 5.82 Å². The summed E-state index contributed by atoms with van der Waals surface area (Å²) in [5, 5.41) is 7.23. The molecule has 0 aromatic carbocycles. The third-order valence-corrected chi connectivity index (χ3v) is 3.81. The van der Waals surface area contributed by atoms with E-state index in [-0.39, 0.29) is 5.41 Å². The topological polar surface area (TPSA) is 67.6 Å². The summed E-state index contributed by atoms with van der Waals surface area (Å²) >= 11 is 0. The zero-order valence-corrected chi connectivity index (χ0v) is 12.1. The molecule has 0 aliphatic carbocycles. The Bertz CT molecular complexity index is 537. The van der Waals surface area contributed by atoms with Crippen LogP contribution < -0.4 is 5.73 Å². The van der Waals surface area contributed by atoms with Crippen LogP contribution in [-0.2, 0) is 6.42 Å². The predicted molar refractivity (Wildman–Crippen MR) is 78.6 cm³/mol. The Kier molecular flexibility index (Phi) is 3.60. The number of hydrogen-bond acceptors (Lipinski definition) is 3. The van der Waals surface area contributed by atoms with E-state index in [0.717, 1.165) is 23.2 Å². The van der Waals surface area contributed by atoms with Gasteiger partial charge in [-0.3, -0.25) is 10.1 Å². The number of nitrogens with two attached hydrogens (primary N) is 1. The molecule has 0 aliphatic rings. The zero-order valence-electron chi connectivity index (χ0n) is 12.1. The average molecular weight is 258 g/mol. The summed E-state index contributed by atoms with van der Waals surface area (Å²) in [5.74, 6) is 1.08. The number of H-pyrrole nitrogens is 1. The van der Waals surface area contributed by atoms with Crippen LogP contribution in [0, 0.1) is 11.3 Å². The van der Waals surface area contributed by atoms with E-state index < -0.39 is 0 Å². The summed E-state index contributed by atoms with van der Waals surface area (Å²) in [6, 6.07) is 3.93. The van der Waals surface area contributed by atoms with Gasteiger partial charge in [0.05, 0.1) is 0 Å². The molecule has 0 spiro atoms. The summed E-state index contributed by atoms with van der Waals surface area (Å²) < 4.78 is 0. The highest BCUT2D eigenvalue weighted by atomic mass is 15.2. The Morgan fingerprint density at radius 3 is 2.68 bits per heavy atom. The van der Waals surface area contributed by atoms with Crippen LogP contribution in [-0.4, -0.2) is 15.2 Å². The van der Waals surface area contributed by atoms with Gasteiger partial charge in [0.25, 0.3) is 0 Å². The van der Waals surface area contributed by atoms with Crippen molar-refractivity contribution in [3.8, 4) is 11.1 Å². The van der Waals surface area contributed by atoms with E-state index in [1.54, 1.807) is 6.20 Å². The lowest BCUT2D eigenvalue weighted by Gasteiger charge is -2.27. The van der Waals surface area contributed by atoms with Crippen molar-refractivity contribution in [3.05, 3.63) is 30.2 Å². The van der Waals surface area contributed by atoms with Crippen molar-refractivity contribution >= 4 is 5.82 Å². The van der Waals surface area contributed by atoms with E-state index in [0.29, 0.717) is 11.7 Å². The molecule has 102 valence electrons. The highest BCUT2D eigenvalue weighted by Crippen LogP contribution is 2.33. The lowest BCUT2D eigenvalue weighted by atomic mass is 9.79. The van der Waals surface area contributed by atoms with Gasteiger partial charge >= 0.3 is 0 Å². The Morgan fingerprint density at radius 1 is 1.37 bits per heavy atom. The van der Waals surface area contributed by atoms with E-state index in [4.69, 9.17) is 5.73 Å². The number of hydrogen-bond donors (Lipinski definition) is 2. The van der Waals surface area contributed by atoms with Gasteiger partial charge in [0.15, 0.2) is 5.82 Å². The fourth-order valence-electron chi connectivity index (χ4n) is 1.99. The van der Waals surface area contributed by atoms with Gasteiger partial charge in [-0.2, -0.15) is 5.10 Å². The lowest BCUT2D eigenvalue weighted by molar-refractivity contribution is 0.258. The van der Waals surface area contributed by atoms with Crippen molar-refractivity contribution < 1.29 is 0 Å². The second-order valence-electron chi connectivity index (χ2n) is 6.18. The molecule has 19 heavy (non-hydrogen) atoms. The number of aromatic amines is 1. The van der Waals surface area contributed by atoms with Crippen molar-refractivity contribution in [3.63, 3.8) is 0 Å². The number of nitrogens with zero attached hydrogens (tertiary/aromatic N) is 2. The molecule has 2 rings (SSSR count). The quantitative estimate of drug-likeness (QED) is 0.887. The van der Waals surface area contributed by atoms with E-state index in [2.05, 4.69) is 42.9 Å². The second kappa shape index (κ2) is 5.03. The first-order valence-corrected chi connectivity index (χ1v) is 6.62. The molecular weight excluding hydrogens is 236 g/mol. The number of rotatable bonds is 3. The average Bonchev–Trinajstić information content (AvgIpc) is 2.70. The molecule has 0 amide bonds. The van der Waals surface area contributed by atoms with Crippen LogP contribution in [0.5, 0.6) is 0 Å². The first-order valence-electron chi connectivity index (χ1n) is 6.62. The maximum atomic E-state index is 5.99. The van der Waals surface area contributed by atoms with Crippen molar-refractivity contribution in [1.82, 2.24) is 15.2 Å². The number of nitrogen functional groups attached to an aromatic ring is 1. The predicted octanol–water partition coefficient (Wildman–Crippen LogP) is 3.28. The summed E-state index contributed by atoms with van der Waals surface area (Å²) in [6.07, 6.45) is 4.52. The van der Waals surface area contributed by atoms with E-state index in [1.807, 2.05) is 18.3 Å². The van der Waals surface area contributed by atoms with Gasteiger partial charge in [-0.15, -0.1) is 0 Å². The molecule has 3 N–H and O–H groups in total. The molecule has 4 nitrogen and oxygen atoms in total. The number of nitrogens with one attached hydrogen (secondary N) is 1. The Labute approximate surface area is 114 Å². The Balaban J connectivity index is 2.34.